The Morgan fingerprint density at radius 2 is 2.16 bits per heavy atom. The summed E-state index contributed by atoms with van der Waals surface area (Å²) in [5.41, 5.74) is 0. The van der Waals surface area contributed by atoms with Gasteiger partial charge in [-0.05, 0) is 33.5 Å². The number of carbonyl (C=O) groups excluding carboxylic acids is 1. The van der Waals surface area contributed by atoms with E-state index in [-0.39, 0.29) is 18.1 Å². The topological polar surface area (TPSA) is 44.8 Å². The van der Waals surface area contributed by atoms with Crippen LogP contribution < -0.4 is 5.32 Å². The third kappa shape index (κ3) is 5.47. The fourth-order valence-electron chi connectivity index (χ4n) is 2.56. The summed E-state index contributed by atoms with van der Waals surface area (Å²) in [5, 5.41) is 3.28. The third-order valence-corrected chi connectivity index (χ3v) is 3.73. The number of esters is 1. The number of rotatable bonds is 7. The Hall–Kier alpha value is -0.650. The number of hydrogen-bond acceptors (Lipinski definition) is 5. The van der Waals surface area contributed by atoms with E-state index in [1.54, 1.807) is 0 Å². The van der Waals surface area contributed by atoms with Crippen LogP contribution in [0.2, 0.25) is 0 Å². The molecule has 0 aromatic heterocycles. The predicted octanol–water partition coefficient (Wildman–Crippen LogP) is 0.552. The molecule has 0 aliphatic carbocycles. The molecule has 1 aliphatic heterocycles. The molecular weight excluding hydrogens is 242 g/mol. The fraction of sp³-hybridized carbons (Fsp3) is 0.929. The molecule has 1 rings (SSSR count). The van der Waals surface area contributed by atoms with Crippen molar-refractivity contribution in [3.8, 4) is 0 Å². The number of likely N-dealkylation sites (N-methyl/N-ethyl adjacent to an activating group) is 1. The number of likely N-dealkylation sites (tertiary alicyclic amines) is 1. The Bertz CT molecular complexity index is 282. The number of carbonyl (C=O) groups is 1. The van der Waals surface area contributed by atoms with Crippen molar-refractivity contribution in [2.75, 3.05) is 40.8 Å². The summed E-state index contributed by atoms with van der Waals surface area (Å²) < 4.78 is 4.86. The molecule has 2 atom stereocenters. The first-order valence-corrected chi connectivity index (χ1v) is 7.16. The summed E-state index contributed by atoms with van der Waals surface area (Å²) in [5.74, 6) is -0.156. The molecular formula is C14H29N3O2. The molecule has 1 saturated heterocycles. The zero-order valence-corrected chi connectivity index (χ0v) is 13.0. The first-order chi connectivity index (χ1) is 8.93. The molecule has 0 aromatic carbocycles. The number of nitrogens with one attached hydrogen (secondary N) is 1. The van der Waals surface area contributed by atoms with Gasteiger partial charge in [0.05, 0.1) is 7.11 Å². The molecule has 19 heavy (non-hydrogen) atoms. The van der Waals surface area contributed by atoms with Gasteiger partial charge in [-0.15, -0.1) is 0 Å². The summed E-state index contributed by atoms with van der Waals surface area (Å²) in [4.78, 5) is 16.4. The van der Waals surface area contributed by atoms with Crippen LogP contribution in [-0.2, 0) is 9.53 Å². The maximum absolute atomic E-state index is 11.7. The van der Waals surface area contributed by atoms with Crippen LogP contribution >= 0.6 is 0 Å². The van der Waals surface area contributed by atoms with Crippen LogP contribution in [0.5, 0.6) is 0 Å². The van der Waals surface area contributed by atoms with Crippen molar-refractivity contribution in [1.82, 2.24) is 15.1 Å². The second-order valence-corrected chi connectivity index (χ2v) is 5.89. The van der Waals surface area contributed by atoms with Crippen molar-refractivity contribution in [2.45, 2.75) is 44.8 Å². The Morgan fingerprint density at radius 1 is 1.47 bits per heavy atom. The lowest BCUT2D eigenvalue weighted by Gasteiger charge is -2.23. The van der Waals surface area contributed by atoms with E-state index >= 15 is 0 Å². The second kappa shape index (κ2) is 7.82. The zero-order valence-electron chi connectivity index (χ0n) is 13.0. The molecule has 1 heterocycles. The summed E-state index contributed by atoms with van der Waals surface area (Å²) in [6, 6.07) is 0.746. The molecule has 1 fully saturated rings. The van der Waals surface area contributed by atoms with Crippen LogP contribution in [0.15, 0.2) is 0 Å². The molecule has 0 radical (unpaired) electrons. The van der Waals surface area contributed by atoms with Crippen LogP contribution in [-0.4, -0.2) is 74.7 Å². The van der Waals surface area contributed by atoms with Gasteiger partial charge >= 0.3 is 5.97 Å². The fourth-order valence-corrected chi connectivity index (χ4v) is 2.56. The molecule has 2 unspecified atom stereocenters. The standard InChI is InChI=1S/C14H29N3O2/c1-11(2)15-13(14(18)19-5)7-9-17-8-6-12(10-17)16(3)4/h11-13,15H,6-10H2,1-5H3. The van der Waals surface area contributed by atoms with E-state index in [0.29, 0.717) is 6.04 Å². The summed E-state index contributed by atoms with van der Waals surface area (Å²) in [6.07, 6.45) is 2.03. The molecule has 0 amide bonds. The Balaban J connectivity index is 2.38. The normalized spacial score (nSPS) is 22.2. The Morgan fingerprint density at radius 3 is 2.63 bits per heavy atom. The maximum atomic E-state index is 11.7. The minimum atomic E-state index is -0.191. The van der Waals surface area contributed by atoms with E-state index in [9.17, 15) is 4.79 Å². The number of nitrogens with zero attached hydrogens (tertiary/aromatic N) is 2. The van der Waals surface area contributed by atoms with Crippen molar-refractivity contribution >= 4 is 5.97 Å². The van der Waals surface area contributed by atoms with Gasteiger partial charge in [-0.25, -0.2) is 0 Å². The molecule has 1 aliphatic rings. The highest BCUT2D eigenvalue weighted by Crippen LogP contribution is 2.14. The van der Waals surface area contributed by atoms with E-state index in [2.05, 4.69) is 29.2 Å². The van der Waals surface area contributed by atoms with Crippen molar-refractivity contribution < 1.29 is 9.53 Å². The van der Waals surface area contributed by atoms with Gasteiger partial charge in [0, 0.05) is 25.2 Å². The lowest BCUT2D eigenvalue weighted by Crippen LogP contribution is -2.43. The van der Waals surface area contributed by atoms with Crippen molar-refractivity contribution in [1.29, 1.82) is 0 Å². The molecule has 0 aromatic rings. The van der Waals surface area contributed by atoms with Gasteiger partial charge in [0.1, 0.15) is 6.04 Å². The van der Waals surface area contributed by atoms with E-state index in [1.165, 1.54) is 13.5 Å². The van der Waals surface area contributed by atoms with Gasteiger partial charge in [0.25, 0.3) is 0 Å². The van der Waals surface area contributed by atoms with E-state index in [4.69, 9.17) is 4.74 Å². The van der Waals surface area contributed by atoms with Gasteiger partial charge in [-0.1, -0.05) is 13.8 Å². The molecule has 0 saturated carbocycles. The van der Waals surface area contributed by atoms with Crippen LogP contribution in [0.25, 0.3) is 0 Å². The average Bonchev–Trinajstić information content (AvgIpc) is 2.82. The van der Waals surface area contributed by atoms with Crippen molar-refractivity contribution in [2.24, 2.45) is 0 Å². The van der Waals surface area contributed by atoms with Crippen molar-refractivity contribution in [3.05, 3.63) is 0 Å². The highest BCUT2D eigenvalue weighted by Gasteiger charge is 2.26. The first-order valence-electron chi connectivity index (χ1n) is 7.16. The summed E-state index contributed by atoms with van der Waals surface area (Å²) in [7, 11) is 5.72. The molecule has 112 valence electrons. The van der Waals surface area contributed by atoms with Gasteiger partial charge in [0.15, 0.2) is 0 Å². The largest absolute Gasteiger partial charge is 0.468 e. The van der Waals surface area contributed by atoms with Gasteiger partial charge in [-0.3, -0.25) is 4.79 Å². The summed E-state index contributed by atoms with van der Waals surface area (Å²) in [6.45, 7) is 7.27. The van der Waals surface area contributed by atoms with Crippen LogP contribution in [0.4, 0.5) is 0 Å². The molecule has 1 N–H and O–H groups in total. The van der Waals surface area contributed by atoms with Gasteiger partial charge < -0.3 is 19.9 Å². The number of hydrogen-bond donors (Lipinski definition) is 1. The Kier molecular flexibility index (Phi) is 6.75. The molecule has 5 nitrogen and oxygen atoms in total. The molecule has 0 spiro atoms. The number of ether oxygens (including phenoxy) is 1. The number of methoxy groups -OCH3 is 1. The monoisotopic (exact) mass is 271 g/mol. The van der Waals surface area contributed by atoms with Crippen LogP contribution in [0, 0.1) is 0 Å². The van der Waals surface area contributed by atoms with E-state index in [0.717, 1.165) is 26.1 Å². The molecule has 5 heteroatoms. The highest BCUT2D eigenvalue weighted by molar-refractivity contribution is 5.75. The SMILES string of the molecule is COC(=O)C(CCN1CCC(N(C)C)C1)NC(C)C. The predicted molar refractivity (Wildman–Crippen MR) is 77.2 cm³/mol. The average molecular weight is 271 g/mol. The maximum Gasteiger partial charge on any atom is 0.322 e. The van der Waals surface area contributed by atoms with Crippen LogP contribution in [0.1, 0.15) is 26.7 Å². The quantitative estimate of drug-likeness (QED) is 0.685. The lowest BCUT2D eigenvalue weighted by molar-refractivity contribution is -0.143. The van der Waals surface area contributed by atoms with E-state index < -0.39 is 0 Å². The first kappa shape index (κ1) is 16.4. The Labute approximate surface area is 117 Å². The van der Waals surface area contributed by atoms with Gasteiger partial charge in [0.2, 0.25) is 0 Å². The van der Waals surface area contributed by atoms with Crippen LogP contribution in [0.3, 0.4) is 0 Å². The smallest absolute Gasteiger partial charge is 0.322 e. The third-order valence-electron chi connectivity index (χ3n) is 3.73. The summed E-state index contributed by atoms with van der Waals surface area (Å²) >= 11 is 0. The minimum absolute atomic E-state index is 0.156. The molecule has 0 bridgehead atoms. The minimum Gasteiger partial charge on any atom is -0.468 e. The van der Waals surface area contributed by atoms with Gasteiger partial charge in [-0.2, -0.15) is 0 Å². The van der Waals surface area contributed by atoms with E-state index in [1.807, 2.05) is 13.8 Å². The zero-order chi connectivity index (χ0) is 14.4. The van der Waals surface area contributed by atoms with Crippen molar-refractivity contribution in [3.63, 3.8) is 0 Å². The second-order valence-electron chi connectivity index (χ2n) is 5.89. The highest BCUT2D eigenvalue weighted by atomic mass is 16.5. The lowest BCUT2D eigenvalue weighted by atomic mass is 10.1.